The molecule has 0 bridgehead atoms. The average molecular weight is 463 g/mol. The molecule has 1 atom stereocenters. The predicted molar refractivity (Wildman–Crippen MR) is 126 cm³/mol. The SMILES string of the molecule is CC[C@@H](CC(=O)Nc1nn(C)cc1C(=O)O)NC(=O)OCC1c2ccccc2-c2ccccc21. The fraction of sp³-hybridized carbons (Fsp3) is 0.280. The number of aromatic nitrogens is 2. The van der Waals surface area contributed by atoms with Crippen molar-refractivity contribution in [2.45, 2.75) is 31.7 Å². The first-order valence-electron chi connectivity index (χ1n) is 11.1. The van der Waals surface area contributed by atoms with Crippen LogP contribution >= 0.6 is 0 Å². The van der Waals surface area contributed by atoms with Crippen LogP contribution in [-0.2, 0) is 16.6 Å². The lowest BCUT2D eigenvalue weighted by atomic mass is 9.98. The molecule has 2 amide bonds. The van der Waals surface area contributed by atoms with E-state index in [1.54, 1.807) is 7.05 Å². The van der Waals surface area contributed by atoms with Crippen molar-refractivity contribution in [3.63, 3.8) is 0 Å². The van der Waals surface area contributed by atoms with Gasteiger partial charge in [0.1, 0.15) is 12.2 Å². The number of alkyl carbamates (subject to hydrolysis) is 1. The highest BCUT2D eigenvalue weighted by atomic mass is 16.5. The quantitative estimate of drug-likeness (QED) is 0.468. The number of aromatic carboxylic acids is 1. The third kappa shape index (κ3) is 4.78. The van der Waals surface area contributed by atoms with E-state index in [0.29, 0.717) is 6.42 Å². The van der Waals surface area contributed by atoms with Gasteiger partial charge in [0, 0.05) is 31.6 Å². The second kappa shape index (κ2) is 9.78. The number of anilines is 1. The first kappa shape index (κ1) is 23.0. The lowest BCUT2D eigenvalue weighted by Gasteiger charge is -2.18. The van der Waals surface area contributed by atoms with Gasteiger partial charge in [0.25, 0.3) is 0 Å². The van der Waals surface area contributed by atoms with Crippen LogP contribution in [0.3, 0.4) is 0 Å². The molecular formula is C25H26N4O5. The second-order valence-electron chi connectivity index (χ2n) is 8.20. The second-order valence-corrected chi connectivity index (χ2v) is 8.20. The Morgan fingerprint density at radius 2 is 1.71 bits per heavy atom. The Labute approximate surface area is 196 Å². The maximum Gasteiger partial charge on any atom is 0.407 e. The van der Waals surface area contributed by atoms with Gasteiger partial charge in [-0.25, -0.2) is 9.59 Å². The highest BCUT2D eigenvalue weighted by Crippen LogP contribution is 2.44. The molecular weight excluding hydrogens is 436 g/mol. The Morgan fingerprint density at radius 1 is 1.09 bits per heavy atom. The number of hydrogen-bond acceptors (Lipinski definition) is 5. The highest BCUT2D eigenvalue weighted by Gasteiger charge is 2.29. The van der Waals surface area contributed by atoms with Gasteiger partial charge in [-0.2, -0.15) is 5.10 Å². The van der Waals surface area contributed by atoms with Crippen LogP contribution in [0.5, 0.6) is 0 Å². The number of carboxylic acid groups (broad SMARTS) is 1. The number of carbonyl (C=O) groups is 3. The number of hydrogen-bond donors (Lipinski definition) is 3. The molecule has 0 fully saturated rings. The van der Waals surface area contributed by atoms with Gasteiger partial charge in [0.15, 0.2) is 5.82 Å². The minimum atomic E-state index is -1.19. The molecule has 4 rings (SSSR count). The van der Waals surface area contributed by atoms with E-state index in [9.17, 15) is 19.5 Å². The van der Waals surface area contributed by atoms with Crippen LogP contribution in [0.15, 0.2) is 54.7 Å². The molecule has 1 aliphatic carbocycles. The summed E-state index contributed by atoms with van der Waals surface area (Å²) >= 11 is 0. The largest absolute Gasteiger partial charge is 0.477 e. The number of benzene rings is 2. The Kier molecular flexibility index (Phi) is 6.62. The lowest BCUT2D eigenvalue weighted by Crippen LogP contribution is -2.38. The van der Waals surface area contributed by atoms with E-state index in [-0.39, 0.29) is 30.3 Å². The van der Waals surface area contributed by atoms with Crippen molar-refractivity contribution in [2.24, 2.45) is 7.05 Å². The number of nitrogens with one attached hydrogen (secondary N) is 2. The van der Waals surface area contributed by atoms with Gasteiger partial charge in [-0.05, 0) is 28.7 Å². The number of rotatable bonds is 8. The molecule has 0 spiro atoms. The Hall–Kier alpha value is -4.14. The van der Waals surface area contributed by atoms with Gasteiger partial charge < -0.3 is 20.5 Å². The molecule has 1 aliphatic rings. The average Bonchev–Trinajstić information content (AvgIpc) is 3.34. The van der Waals surface area contributed by atoms with Crippen molar-refractivity contribution >= 4 is 23.8 Å². The Morgan fingerprint density at radius 3 is 2.29 bits per heavy atom. The normalized spacial score (nSPS) is 13.0. The van der Waals surface area contributed by atoms with Crippen LogP contribution in [0, 0.1) is 0 Å². The fourth-order valence-corrected chi connectivity index (χ4v) is 4.25. The third-order valence-corrected chi connectivity index (χ3v) is 5.91. The summed E-state index contributed by atoms with van der Waals surface area (Å²) in [7, 11) is 1.57. The molecule has 0 saturated heterocycles. The minimum Gasteiger partial charge on any atom is -0.477 e. The molecule has 9 nitrogen and oxygen atoms in total. The summed E-state index contributed by atoms with van der Waals surface area (Å²) in [5, 5.41) is 18.4. The summed E-state index contributed by atoms with van der Waals surface area (Å²) in [6.07, 6.45) is 1.15. The van der Waals surface area contributed by atoms with Crippen LogP contribution in [0.1, 0.15) is 47.2 Å². The first-order chi connectivity index (χ1) is 16.4. The summed E-state index contributed by atoms with van der Waals surface area (Å²) in [4.78, 5) is 36.3. The van der Waals surface area contributed by atoms with Crippen LogP contribution in [-0.4, -0.2) is 45.5 Å². The van der Waals surface area contributed by atoms with Gasteiger partial charge in [-0.1, -0.05) is 55.5 Å². The van der Waals surface area contributed by atoms with Crippen molar-refractivity contribution in [1.29, 1.82) is 0 Å². The van der Waals surface area contributed by atoms with E-state index in [2.05, 4.69) is 27.9 Å². The fourth-order valence-electron chi connectivity index (χ4n) is 4.25. The molecule has 0 saturated carbocycles. The van der Waals surface area contributed by atoms with Crippen molar-refractivity contribution in [1.82, 2.24) is 15.1 Å². The van der Waals surface area contributed by atoms with Crippen molar-refractivity contribution in [2.75, 3.05) is 11.9 Å². The molecule has 176 valence electrons. The molecule has 3 aromatic rings. The van der Waals surface area contributed by atoms with Crippen LogP contribution in [0.25, 0.3) is 11.1 Å². The van der Waals surface area contributed by atoms with Crippen molar-refractivity contribution in [3.05, 3.63) is 71.4 Å². The van der Waals surface area contributed by atoms with Gasteiger partial charge in [-0.15, -0.1) is 0 Å². The smallest absolute Gasteiger partial charge is 0.407 e. The van der Waals surface area contributed by atoms with E-state index in [0.717, 1.165) is 22.3 Å². The van der Waals surface area contributed by atoms with Crippen LogP contribution < -0.4 is 10.6 Å². The zero-order valence-corrected chi connectivity index (χ0v) is 18.9. The number of fused-ring (bicyclic) bond motifs is 3. The summed E-state index contributed by atoms with van der Waals surface area (Å²) in [5.74, 6) is -1.73. The monoisotopic (exact) mass is 462 g/mol. The lowest BCUT2D eigenvalue weighted by molar-refractivity contribution is -0.116. The molecule has 0 aliphatic heterocycles. The Bertz CT molecular complexity index is 1190. The Balaban J connectivity index is 1.34. The van der Waals surface area contributed by atoms with E-state index in [1.807, 2.05) is 43.3 Å². The molecule has 9 heteroatoms. The number of nitrogens with zero attached hydrogens (tertiary/aromatic N) is 2. The number of aryl methyl sites for hydroxylation is 1. The summed E-state index contributed by atoms with van der Waals surface area (Å²) in [6.45, 7) is 2.02. The molecule has 0 radical (unpaired) electrons. The molecule has 3 N–H and O–H groups in total. The zero-order chi connectivity index (χ0) is 24.2. The molecule has 1 heterocycles. The molecule has 2 aromatic carbocycles. The maximum atomic E-state index is 12.5. The maximum absolute atomic E-state index is 12.5. The van der Waals surface area contributed by atoms with Gasteiger partial charge in [0.05, 0.1) is 0 Å². The minimum absolute atomic E-state index is 0.0315. The summed E-state index contributed by atoms with van der Waals surface area (Å²) in [5.41, 5.74) is 4.42. The van der Waals surface area contributed by atoms with Crippen LogP contribution in [0.2, 0.25) is 0 Å². The molecule has 1 aromatic heterocycles. The van der Waals surface area contributed by atoms with E-state index >= 15 is 0 Å². The van der Waals surface area contributed by atoms with Gasteiger partial charge in [0.2, 0.25) is 5.91 Å². The number of amides is 2. The molecule has 34 heavy (non-hydrogen) atoms. The molecule has 0 unspecified atom stereocenters. The highest BCUT2D eigenvalue weighted by molar-refractivity contribution is 5.99. The zero-order valence-electron chi connectivity index (χ0n) is 18.9. The van der Waals surface area contributed by atoms with Crippen LogP contribution in [0.4, 0.5) is 10.6 Å². The van der Waals surface area contributed by atoms with Gasteiger partial charge in [-0.3, -0.25) is 9.48 Å². The summed E-state index contributed by atoms with van der Waals surface area (Å²) in [6, 6.07) is 15.7. The van der Waals surface area contributed by atoms with Crippen molar-refractivity contribution < 1.29 is 24.2 Å². The van der Waals surface area contributed by atoms with E-state index in [4.69, 9.17) is 4.74 Å². The predicted octanol–water partition coefficient (Wildman–Crippen LogP) is 3.76. The van der Waals surface area contributed by atoms with Crippen molar-refractivity contribution in [3.8, 4) is 11.1 Å². The van der Waals surface area contributed by atoms with Gasteiger partial charge >= 0.3 is 12.1 Å². The topological polar surface area (TPSA) is 123 Å². The standard InChI is InChI=1S/C25H26N4O5/c1-3-15(12-22(30)27-23-20(24(31)32)13-29(2)28-23)26-25(33)34-14-21-18-10-6-4-8-16(18)17-9-5-7-11-19(17)21/h4-11,13,15,21H,3,12,14H2,1-2H3,(H,26,33)(H,31,32)(H,27,28,30)/t15-/m0/s1. The van der Waals surface area contributed by atoms with E-state index < -0.39 is 24.0 Å². The number of carbonyl (C=O) groups excluding carboxylic acids is 2. The number of carboxylic acids is 1. The van der Waals surface area contributed by atoms with E-state index in [1.165, 1.54) is 10.9 Å². The summed E-state index contributed by atoms with van der Waals surface area (Å²) < 4.78 is 6.86. The number of ether oxygens (including phenoxy) is 1. The first-order valence-corrected chi connectivity index (χ1v) is 11.1. The third-order valence-electron chi connectivity index (χ3n) is 5.91.